The standard InChI is InChI=1S/C33H24N2O11/c36-30(20-10-4-1-5-11-20)43-26-19-42-29(34-24-18-23(35(40)41)16-17-25(24)44-33(34)39)28(46-32(38)22-14-8-3-9-15-22)27(26)45-31(37)21-12-6-2-7-13-21/h1-18,26-29H,19H2/t26-,27-,28-,29-/m1/s1. The summed E-state index contributed by atoms with van der Waals surface area (Å²) in [5.74, 6) is -3.48. The number of nitrogens with zero attached hydrogens (tertiary/aromatic N) is 2. The van der Waals surface area contributed by atoms with Crippen molar-refractivity contribution in [1.29, 1.82) is 0 Å². The molecule has 4 aromatic carbocycles. The van der Waals surface area contributed by atoms with Crippen LogP contribution in [0, 0.1) is 10.1 Å². The maximum absolute atomic E-state index is 13.4. The molecule has 5 aromatic rings. The lowest BCUT2D eigenvalue weighted by molar-refractivity contribution is -0.384. The summed E-state index contributed by atoms with van der Waals surface area (Å²) in [5.41, 5.74) is 0.0594. The van der Waals surface area contributed by atoms with Crippen LogP contribution in [0.4, 0.5) is 5.69 Å². The van der Waals surface area contributed by atoms with Gasteiger partial charge in [-0.15, -0.1) is 0 Å². The van der Waals surface area contributed by atoms with Gasteiger partial charge in [-0.2, -0.15) is 0 Å². The van der Waals surface area contributed by atoms with Gasteiger partial charge in [0.1, 0.15) is 0 Å². The number of fused-ring (bicyclic) bond motifs is 1. The molecule has 0 bridgehead atoms. The molecule has 232 valence electrons. The monoisotopic (exact) mass is 624 g/mol. The highest BCUT2D eigenvalue weighted by molar-refractivity contribution is 5.91. The Labute approximate surface area is 259 Å². The average Bonchev–Trinajstić information content (AvgIpc) is 3.41. The number of rotatable bonds is 8. The molecule has 1 fully saturated rings. The molecule has 0 N–H and O–H groups in total. The van der Waals surface area contributed by atoms with E-state index in [-0.39, 0.29) is 33.5 Å². The maximum Gasteiger partial charge on any atom is 0.422 e. The minimum Gasteiger partial charge on any atom is -0.452 e. The van der Waals surface area contributed by atoms with Crippen LogP contribution in [0.1, 0.15) is 37.3 Å². The van der Waals surface area contributed by atoms with Crippen molar-refractivity contribution in [3.8, 4) is 0 Å². The fraction of sp³-hybridized carbons (Fsp3) is 0.152. The number of carbonyl (C=O) groups is 3. The summed E-state index contributed by atoms with van der Waals surface area (Å²) in [6.45, 7) is -0.427. The summed E-state index contributed by atoms with van der Waals surface area (Å²) in [4.78, 5) is 64.1. The van der Waals surface area contributed by atoms with E-state index in [9.17, 15) is 29.3 Å². The van der Waals surface area contributed by atoms with Crippen LogP contribution in [-0.2, 0) is 18.9 Å². The number of oxazole rings is 1. The second-order valence-corrected chi connectivity index (χ2v) is 10.2. The molecule has 0 amide bonds. The fourth-order valence-corrected chi connectivity index (χ4v) is 5.04. The van der Waals surface area contributed by atoms with Crippen LogP contribution in [-0.4, -0.2) is 52.3 Å². The molecule has 1 saturated heterocycles. The second kappa shape index (κ2) is 12.9. The van der Waals surface area contributed by atoms with E-state index in [1.807, 2.05) is 0 Å². The molecule has 13 heteroatoms. The Morgan fingerprint density at radius 2 is 1.22 bits per heavy atom. The molecule has 0 saturated carbocycles. The fourth-order valence-electron chi connectivity index (χ4n) is 5.04. The number of ether oxygens (including phenoxy) is 4. The molecule has 6 rings (SSSR count). The van der Waals surface area contributed by atoms with Crippen molar-refractivity contribution >= 4 is 34.7 Å². The molecule has 13 nitrogen and oxygen atoms in total. The van der Waals surface area contributed by atoms with Gasteiger partial charge in [0.2, 0.25) is 0 Å². The van der Waals surface area contributed by atoms with Gasteiger partial charge in [0.15, 0.2) is 30.1 Å². The predicted octanol–water partition coefficient (Wildman–Crippen LogP) is 4.71. The van der Waals surface area contributed by atoms with Gasteiger partial charge >= 0.3 is 23.7 Å². The molecular weight excluding hydrogens is 600 g/mol. The van der Waals surface area contributed by atoms with Crippen molar-refractivity contribution in [2.24, 2.45) is 0 Å². The van der Waals surface area contributed by atoms with E-state index in [1.165, 1.54) is 42.5 Å². The molecule has 1 aliphatic heterocycles. The Kier molecular flexibility index (Phi) is 8.39. The van der Waals surface area contributed by atoms with Crippen LogP contribution >= 0.6 is 0 Å². The van der Waals surface area contributed by atoms with E-state index >= 15 is 0 Å². The molecule has 0 aliphatic carbocycles. The highest BCUT2D eigenvalue weighted by Gasteiger charge is 2.50. The number of hydrogen-bond donors (Lipinski definition) is 0. The Morgan fingerprint density at radius 3 is 1.74 bits per heavy atom. The smallest absolute Gasteiger partial charge is 0.422 e. The van der Waals surface area contributed by atoms with Crippen LogP contribution in [0.2, 0.25) is 0 Å². The molecule has 2 heterocycles. The van der Waals surface area contributed by atoms with Gasteiger partial charge < -0.3 is 23.4 Å². The van der Waals surface area contributed by atoms with Crippen LogP contribution < -0.4 is 5.76 Å². The van der Waals surface area contributed by atoms with Crippen molar-refractivity contribution in [2.75, 3.05) is 6.61 Å². The van der Waals surface area contributed by atoms with E-state index in [0.717, 1.165) is 16.7 Å². The molecule has 0 unspecified atom stereocenters. The van der Waals surface area contributed by atoms with Gasteiger partial charge in [-0.3, -0.25) is 10.1 Å². The third-order valence-electron chi connectivity index (χ3n) is 7.24. The highest BCUT2D eigenvalue weighted by Crippen LogP contribution is 2.34. The normalized spacial score (nSPS) is 19.2. The Bertz CT molecular complexity index is 1960. The van der Waals surface area contributed by atoms with E-state index in [1.54, 1.807) is 54.6 Å². The first kappa shape index (κ1) is 30.0. The molecule has 0 radical (unpaired) electrons. The Morgan fingerprint density at radius 1 is 0.717 bits per heavy atom. The highest BCUT2D eigenvalue weighted by atomic mass is 16.7. The number of aromatic nitrogens is 1. The lowest BCUT2D eigenvalue weighted by atomic mass is 10.0. The van der Waals surface area contributed by atoms with Gasteiger partial charge in [-0.25, -0.2) is 23.7 Å². The van der Waals surface area contributed by atoms with Gasteiger partial charge in [0, 0.05) is 12.1 Å². The number of benzene rings is 4. The summed E-state index contributed by atoms with van der Waals surface area (Å²) in [6.07, 6.45) is -6.01. The number of nitro groups is 1. The summed E-state index contributed by atoms with van der Waals surface area (Å²) < 4.78 is 29.8. The van der Waals surface area contributed by atoms with Gasteiger partial charge in [0.05, 0.1) is 33.7 Å². The summed E-state index contributed by atoms with van der Waals surface area (Å²) in [7, 11) is 0. The van der Waals surface area contributed by atoms with Crippen molar-refractivity contribution in [3.63, 3.8) is 0 Å². The van der Waals surface area contributed by atoms with Crippen LogP contribution in [0.3, 0.4) is 0 Å². The van der Waals surface area contributed by atoms with Crippen LogP contribution in [0.25, 0.3) is 11.1 Å². The minimum absolute atomic E-state index is 0.0113. The molecule has 46 heavy (non-hydrogen) atoms. The summed E-state index contributed by atoms with van der Waals surface area (Å²) in [5, 5.41) is 11.6. The Balaban J connectivity index is 1.45. The first-order valence-corrected chi connectivity index (χ1v) is 14.0. The summed E-state index contributed by atoms with van der Waals surface area (Å²) >= 11 is 0. The Hall–Kier alpha value is -6.08. The zero-order valence-corrected chi connectivity index (χ0v) is 23.8. The van der Waals surface area contributed by atoms with Gasteiger partial charge in [-0.1, -0.05) is 54.6 Å². The van der Waals surface area contributed by atoms with E-state index in [0.29, 0.717) is 0 Å². The lowest BCUT2D eigenvalue weighted by Gasteiger charge is -2.40. The quantitative estimate of drug-likeness (QED) is 0.102. The minimum atomic E-state index is -1.62. The SMILES string of the molecule is O=C(O[C@@H]1[C@H](OC(=O)c2ccccc2)[C@H](OC(=O)c2ccccc2)CO[C@H]1n1c(=O)oc2ccc([N+](=O)[O-])cc21)c1ccccc1. The van der Waals surface area contributed by atoms with Gasteiger partial charge in [-0.05, 0) is 42.5 Å². The third-order valence-corrected chi connectivity index (χ3v) is 7.24. The largest absolute Gasteiger partial charge is 0.452 e. The molecule has 1 aromatic heterocycles. The molecule has 4 atom stereocenters. The van der Waals surface area contributed by atoms with E-state index < -0.39 is 59.7 Å². The molecule has 1 aliphatic rings. The topological polar surface area (TPSA) is 166 Å². The molecule has 0 spiro atoms. The van der Waals surface area contributed by atoms with Crippen molar-refractivity contribution in [3.05, 3.63) is 147 Å². The zero-order chi connectivity index (χ0) is 32.2. The van der Waals surface area contributed by atoms with Crippen molar-refractivity contribution in [2.45, 2.75) is 24.5 Å². The summed E-state index contributed by atoms with van der Waals surface area (Å²) in [6, 6.07) is 27.4. The predicted molar refractivity (Wildman–Crippen MR) is 159 cm³/mol. The van der Waals surface area contributed by atoms with E-state index in [4.69, 9.17) is 23.4 Å². The van der Waals surface area contributed by atoms with Crippen LogP contribution in [0.15, 0.2) is 118 Å². The lowest BCUT2D eigenvalue weighted by Crippen LogP contribution is -2.56. The first-order valence-electron chi connectivity index (χ1n) is 14.0. The zero-order valence-electron chi connectivity index (χ0n) is 23.8. The van der Waals surface area contributed by atoms with Crippen molar-refractivity contribution < 1.29 is 42.7 Å². The number of nitro benzene ring substituents is 1. The third kappa shape index (κ3) is 6.12. The molecular formula is C33H24N2O11. The van der Waals surface area contributed by atoms with Crippen molar-refractivity contribution in [1.82, 2.24) is 4.57 Å². The number of non-ortho nitro benzene ring substituents is 1. The second-order valence-electron chi connectivity index (χ2n) is 10.2. The maximum atomic E-state index is 13.4. The number of carbonyl (C=O) groups excluding carboxylic acids is 3. The van der Waals surface area contributed by atoms with Crippen LogP contribution in [0.5, 0.6) is 0 Å². The number of esters is 3. The average molecular weight is 625 g/mol. The number of hydrogen-bond acceptors (Lipinski definition) is 11. The first-order chi connectivity index (χ1) is 22.3. The van der Waals surface area contributed by atoms with E-state index in [2.05, 4.69) is 0 Å². The van der Waals surface area contributed by atoms with Gasteiger partial charge in [0.25, 0.3) is 5.69 Å².